The fourth-order valence-electron chi connectivity index (χ4n) is 3.24. The van der Waals surface area contributed by atoms with Gasteiger partial charge in [0.05, 0.1) is 23.3 Å². The minimum absolute atomic E-state index is 0.0316. The van der Waals surface area contributed by atoms with Crippen LogP contribution in [0.15, 0.2) is 35.3 Å². The van der Waals surface area contributed by atoms with E-state index in [4.69, 9.17) is 9.47 Å². The van der Waals surface area contributed by atoms with Crippen LogP contribution >= 0.6 is 0 Å². The zero-order valence-corrected chi connectivity index (χ0v) is 18.6. The zero-order chi connectivity index (χ0) is 22.5. The summed E-state index contributed by atoms with van der Waals surface area (Å²) in [7, 11) is -1.56. The van der Waals surface area contributed by atoms with Crippen molar-refractivity contribution in [3.63, 3.8) is 0 Å². The van der Waals surface area contributed by atoms with Gasteiger partial charge >= 0.3 is 0 Å². The summed E-state index contributed by atoms with van der Waals surface area (Å²) in [6.45, 7) is 6.24. The number of carbonyl (C=O) groups is 2. The highest BCUT2D eigenvalue weighted by molar-refractivity contribution is 7.85. The number of aromatic amines is 1. The lowest BCUT2D eigenvalue weighted by Crippen LogP contribution is -2.38. The van der Waals surface area contributed by atoms with Gasteiger partial charge in [-0.2, -0.15) is 0 Å². The van der Waals surface area contributed by atoms with Crippen molar-refractivity contribution in [3.05, 3.63) is 51.9 Å². The smallest absolute Gasteiger partial charge is 0.265 e. The van der Waals surface area contributed by atoms with Crippen molar-refractivity contribution >= 4 is 28.2 Å². The number of ether oxygens (including phenoxy) is 2. The molecule has 0 aliphatic carbocycles. The second kappa shape index (κ2) is 9.91. The topological polar surface area (TPSA) is 106 Å². The summed E-state index contributed by atoms with van der Waals surface area (Å²) in [6, 6.07) is 6.22. The number of fused-ring (bicyclic) bond motifs is 1. The number of Topliss-reactive ketones (excluding diaryl/α,β-unsaturated/α-hetero) is 1. The molecule has 0 fully saturated rings. The first-order valence-corrected chi connectivity index (χ1v) is 11.6. The SMILES string of the molecule is CCCOc1c[nH]c(CS(=O)C(C)C(=O)c2ccc3c(c2)N(CC)C(=O)CO3)cc1=O. The van der Waals surface area contributed by atoms with E-state index < -0.39 is 16.0 Å². The molecule has 0 radical (unpaired) electrons. The van der Waals surface area contributed by atoms with E-state index in [9.17, 15) is 18.6 Å². The Labute approximate surface area is 183 Å². The maximum atomic E-state index is 12.9. The second-order valence-electron chi connectivity index (χ2n) is 7.18. The minimum Gasteiger partial charge on any atom is -0.488 e. The number of hydrogen-bond acceptors (Lipinski definition) is 6. The lowest BCUT2D eigenvalue weighted by atomic mass is 10.1. The van der Waals surface area contributed by atoms with Gasteiger partial charge in [-0.25, -0.2) is 0 Å². The lowest BCUT2D eigenvalue weighted by molar-refractivity contribution is -0.121. The number of rotatable bonds is 9. The number of likely N-dealkylation sites (N-methyl/N-ethyl adjacent to an activating group) is 1. The quantitative estimate of drug-likeness (QED) is 0.593. The summed E-state index contributed by atoms with van der Waals surface area (Å²) in [5.41, 5.74) is 1.06. The molecular formula is C22H26N2O6S. The van der Waals surface area contributed by atoms with Gasteiger partial charge in [0.2, 0.25) is 5.43 Å². The number of nitrogens with zero attached hydrogens (tertiary/aromatic N) is 1. The van der Waals surface area contributed by atoms with Gasteiger partial charge < -0.3 is 19.4 Å². The molecule has 1 amide bonds. The predicted octanol–water partition coefficient (Wildman–Crippen LogP) is 2.43. The molecular weight excluding hydrogens is 420 g/mol. The number of nitrogens with one attached hydrogen (secondary N) is 1. The summed E-state index contributed by atoms with van der Waals surface area (Å²) >= 11 is 0. The molecule has 8 nitrogen and oxygen atoms in total. The zero-order valence-electron chi connectivity index (χ0n) is 17.8. The van der Waals surface area contributed by atoms with Crippen LogP contribution in [-0.4, -0.2) is 45.9 Å². The van der Waals surface area contributed by atoms with Gasteiger partial charge in [0, 0.05) is 40.9 Å². The summed E-state index contributed by atoms with van der Waals surface area (Å²) in [6.07, 6.45) is 2.24. The van der Waals surface area contributed by atoms with Crippen molar-refractivity contribution in [2.75, 3.05) is 24.7 Å². The molecule has 1 aromatic carbocycles. The van der Waals surface area contributed by atoms with Crippen molar-refractivity contribution in [1.82, 2.24) is 4.98 Å². The van der Waals surface area contributed by atoms with Gasteiger partial charge in [-0.1, -0.05) is 6.92 Å². The number of aromatic nitrogens is 1. The van der Waals surface area contributed by atoms with Crippen LogP contribution in [0.25, 0.3) is 0 Å². The number of amides is 1. The molecule has 2 heterocycles. The second-order valence-corrected chi connectivity index (χ2v) is 8.93. The average molecular weight is 447 g/mol. The Morgan fingerprint density at radius 2 is 2.06 bits per heavy atom. The molecule has 2 unspecified atom stereocenters. The van der Waals surface area contributed by atoms with E-state index in [1.54, 1.807) is 30.0 Å². The van der Waals surface area contributed by atoms with E-state index in [1.165, 1.54) is 12.3 Å². The standard InChI is InChI=1S/C22H26N2O6S/c1-4-8-29-20-11-23-16(10-18(20)25)13-31(28)14(3)22(27)15-6-7-19-17(9-15)24(5-2)21(26)12-30-19/h6-7,9-11,14H,4-5,8,12-13H2,1-3H3,(H,23,25). The van der Waals surface area contributed by atoms with Gasteiger partial charge in [-0.3, -0.25) is 18.6 Å². The predicted molar refractivity (Wildman–Crippen MR) is 118 cm³/mol. The number of ketones is 1. The van der Waals surface area contributed by atoms with Crippen molar-refractivity contribution < 1.29 is 23.3 Å². The van der Waals surface area contributed by atoms with Crippen LogP contribution in [0.5, 0.6) is 11.5 Å². The first kappa shape index (κ1) is 22.7. The largest absolute Gasteiger partial charge is 0.488 e. The third-order valence-corrected chi connectivity index (χ3v) is 6.56. The van der Waals surface area contributed by atoms with Crippen molar-refractivity contribution in [1.29, 1.82) is 0 Å². The molecule has 1 aliphatic rings. The van der Waals surface area contributed by atoms with Crippen molar-refractivity contribution in [3.8, 4) is 11.5 Å². The van der Waals surface area contributed by atoms with Crippen molar-refractivity contribution in [2.45, 2.75) is 38.2 Å². The average Bonchev–Trinajstić information content (AvgIpc) is 2.77. The van der Waals surface area contributed by atoms with Gasteiger partial charge in [0.15, 0.2) is 18.1 Å². The highest BCUT2D eigenvalue weighted by Gasteiger charge is 2.27. The van der Waals surface area contributed by atoms with Crippen LogP contribution in [0.1, 0.15) is 43.2 Å². The van der Waals surface area contributed by atoms with Crippen LogP contribution in [0.3, 0.4) is 0 Å². The highest BCUT2D eigenvalue weighted by atomic mass is 32.2. The number of pyridine rings is 1. The molecule has 0 spiro atoms. The number of carbonyl (C=O) groups excluding carboxylic acids is 2. The van der Waals surface area contributed by atoms with Gasteiger partial charge in [-0.15, -0.1) is 0 Å². The number of hydrogen-bond donors (Lipinski definition) is 1. The molecule has 0 saturated carbocycles. The van der Waals surface area contributed by atoms with E-state index >= 15 is 0 Å². The van der Waals surface area contributed by atoms with Crippen LogP contribution in [0.4, 0.5) is 5.69 Å². The summed E-state index contributed by atoms with van der Waals surface area (Å²) in [5, 5.41) is -0.798. The van der Waals surface area contributed by atoms with Crippen molar-refractivity contribution in [2.24, 2.45) is 0 Å². The maximum absolute atomic E-state index is 12.9. The minimum atomic E-state index is -1.56. The van der Waals surface area contributed by atoms with Crippen LogP contribution < -0.4 is 19.8 Å². The Morgan fingerprint density at radius 1 is 1.29 bits per heavy atom. The molecule has 1 aliphatic heterocycles. The fourth-order valence-corrected chi connectivity index (χ4v) is 4.34. The van der Waals surface area contributed by atoms with Crippen LogP contribution in [-0.2, 0) is 21.3 Å². The van der Waals surface area contributed by atoms with E-state index in [1.807, 2.05) is 13.8 Å². The fraction of sp³-hybridized carbons (Fsp3) is 0.409. The first-order chi connectivity index (χ1) is 14.8. The molecule has 2 aromatic rings. The Balaban J connectivity index is 1.73. The van der Waals surface area contributed by atoms with Gasteiger partial charge in [0.1, 0.15) is 5.75 Å². The third-order valence-electron chi connectivity index (χ3n) is 4.96. The summed E-state index contributed by atoms with van der Waals surface area (Å²) in [4.78, 5) is 41.6. The third kappa shape index (κ3) is 5.04. The van der Waals surface area contributed by atoms with E-state index in [0.717, 1.165) is 6.42 Å². The molecule has 0 saturated heterocycles. The van der Waals surface area contributed by atoms with Crippen LogP contribution in [0, 0.1) is 0 Å². The molecule has 1 N–H and O–H groups in total. The summed E-state index contributed by atoms with van der Waals surface area (Å²) in [5.74, 6) is 0.303. The Morgan fingerprint density at radius 3 is 2.74 bits per heavy atom. The normalized spacial score (nSPS) is 15.1. The monoisotopic (exact) mass is 446 g/mol. The van der Waals surface area contributed by atoms with E-state index in [-0.39, 0.29) is 35.2 Å². The van der Waals surface area contributed by atoms with Gasteiger partial charge in [0.25, 0.3) is 5.91 Å². The number of benzene rings is 1. The molecule has 1 aromatic heterocycles. The maximum Gasteiger partial charge on any atom is 0.265 e. The molecule has 2 atom stereocenters. The molecule has 3 rings (SSSR count). The molecule has 9 heteroatoms. The summed E-state index contributed by atoms with van der Waals surface area (Å²) < 4.78 is 23.6. The highest BCUT2D eigenvalue weighted by Crippen LogP contribution is 2.33. The molecule has 0 bridgehead atoms. The first-order valence-electron chi connectivity index (χ1n) is 10.2. The lowest BCUT2D eigenvalue weighted by Gasteiger charge is -2.28. The van der Waals surface area contributed by atoms with E-state index in [2.05, 4.69) is 4.98 Å². The van der Waals surface area contributed by atoms with Gasteiger partial charge in [-0.05, 0) is 38.5 Å². The molecule has 166 valence electrons. The Hall–Kier alpha value is -2.94. The van der Waals surface area contributed by atoms with Crippen LogP contribution in [0.2, 0.25) is 0 Å². The van der Waals surface area contributed by atoms with E-state index in [0.29, 0.717) is 35.8 Å². The molecule has 31 heavy (non-hydrogen) atoms. The number of H-pyrrole nitrogens is 1. The Bertz CT molecular complexity index is 1060. The Kier molecular flexibility index (Phi) is 7.27. The number of anilines is 1.